The quantitative estimate of drug-likeness (QED) is 0.174. The highest BCUT2D eigenvalue weighted by atomic mass is 19.4. The Morgan fingerprint density at radius 2 is 1.82 bits per heavy atom. The number of aromatic nitrogens is 3. The third kappa shape index (κ3) is 8.02. The summed E-state index contributed by atoms with van der Waals surface area (Å²) in [6.07, 6.45) is 1.19. The molecule has 0 fully saturated rings. The number of imidazole rings is 1. The van der Waals surface area contributed by atoms with E-state index in [1.807, 2.05) is 55.6 Å². The van der Waals surface area contributed by atoms with E-state index in [1.54, 1.807) is 12.4 Å². The number of anilines is 1. The summed E-state index contributed by atoms with van der Waals surface area (Å²) in [7, 11) is 0. The van der Waals surface area contributed by atoms with Gasteiger partial charge in [-0.15, -0.1) is 0 Å². The number of H-pyrrole nitrogens is 2. The van der Waals surface area contributed by atoms with E-state index in [1.165, 1.54) is 0 Å². The van der Waals surface area contributed by atoms with Crippen molar-refractivity contribution in [3.05, 3.63) is 77.7 Å². The Hall–Kier alpha value is -4.48. The van der Waals surface area contributed by atoms with Crippen LogP contribution in [0.15, 0.2) is 61.1 Å². The second-order valence-corrected chi connectivity index (χ2v) is 8.38. The van der Waals surface area contributed by atoms with Crippen molar-refractivity contribution in [2.75, 3.05) is 18.5 Å². The monoisotopic (exact) mass is 532 g/mol. The van der Waals surface area contributed by atoms with E-state index in [2.05, 4.69) is 20.3 Å². The minimum Gasteiger partial charge on any atom is -0.493 e. The van der Waals surface area contributed by atoms with Crippen molar-refractivity contribution in [3.8, 4) is 5.75 Å². The first-order chi connectivity index (χ1) is 18.0. The van der Waals surface area contributed by atoms with Gasteiger partial charge in [-0.1, -0.05) is 29.8 Å². The van der Waals surface area contributed by atoms with E-state index in [4.69, 9.17) is 14.6 Å². The Kier molecular flexibility index (Phi) is 9.36. The lowest BCUT2D eigenvalue weighted by molar-refractivity contribution is -0.192. The van der Waals surface area contributed by atoms with Gasteiger partial charge in [-0.2, -0.15) is 13.2 Å². The molecule has 0 amide bonds. The Labute approximate surface area is 215 Å². The Balaban J connectivity index is 0.000000505. The minimum atomic E-state index is -5.08. The first-order valence-electron chi connectivity index (χ1n) is 11.6. The molecule has 38 heavy (non-hydrogen) atoms. The van der Waals surface area contributed by atoms with Gasteiger partial charge in [0.05, 0.1) is 13.0 Å². The molecule has 0 radical (unpaired) electrons. The van der Waals surface area contributed by atoms with Crippen LogP contribution in [-0.4, -0.2) is 56.4 Å². The Bertz CT molecular complexity index is 1340. The first kappa shape index (κ1) is 28.1. The van der Waals surface area contributed by atoms with Crippen molar-refractivity contribution < 1.29 is 37.7 Å². The highest BCUT2D eigenvalue weighted by Crippen LogP contribution is 2.34. The molecule has 0 saturated heterocycles. The molecule has 5 N–H and O–H groups in total. The molecule has 0 spiro atoms. The zero-order valence-electron chi connectivity index (χ0n) is 20.4. The number of carboxylic acid groups (broad SMARTS) is 2. The standard InChI is InChI=1S/C24H26N4O3.C2HF3O2/c1-16-3-5-17(6-4-16)20(14-23(29)30)21-15-28-22-13-18(7-8-19(21)22)31-12-2-9-25-24-26-10-11-27-24;3-2(4,5)1(6)7/h3-8,10-11,13,15,20,28H,2,9,12,14H2,1H3,(H,29,30)(H2,25,26,27);(H,6,7). The molecule has 0 aliphatic carbocycles. The molecule has 9 nitrogen and oxygen atoms in total. The number of ether oxygens (including phenoxy) is 1. The minimum absolute atomic E-state index is 0.0386. The number of fused-ring (bicyclic) bond motifs is 1. The average Bonchev–Trinajstić information content (AvgIpc) is 3.52. The molecule has 2 aromatic heterocycles. The summed E-state index contributed by atoms with van der Waals surface area (Å²) in [5.74, 6) is -2.25. The van der Waals surface area contributed by atoms with E-state index in [0.717, 1.165) is 52.3 Å². The summed E-state index contributed by atoms with van der Waals surface area (Å²) in [6.45, 7) is 3.36. The average molecular weight is 533 g/mol. The Morgan fingerprint density at radius 3 is 2.42 bits per heavy atom. The fourth-order valence-electron chi connectivity index (χ4n) is 3.72. The molecule has 1 unspecified atom stereocenters. The number of aromatic amines is 2. The summed E-state index contributed by atoms with van der Waals surface area (Å²) >= 11 is 0. The van der Waals surface area contributed by atoms with Crippen molar-refractivity contribution >= 4 is 28.8 Å². The van der Waals surface area contributed by atoms with Gasteiger partial charge >= 0.3 is 18.1 Å². The van der Waals surface area contributed by atoms with Crippen LogP contribution in [0.3, 0.4) is 0 Å². The SMILES string of the molecule is Cc1ccc(C(CC(=O)O)c2c[nH]c3cc(OCCCNc4ncc[nH]4)ccc23)cc1.O=C(O)C(F)(F)F. The fraction of sp³-hybridized carbons (Fsp3) is 0.269. The van der Waals surface area contributed by atoms with Crippen molar-refractivity contribution in [1.82, 2.24) is 15.0 Å². The number of nitrogens with one attached hydrogen (secondary N) is 3. The fourth-order valence-corrected chi connectivity index (χ4v) is 3.72. The van der Waals surface area contributed by atoms with Crippen molar-refractivity contribution in [3.63, 3.8) is 0 Å². The van der Waals surface area contributed by atoms with Crippen LogP contribution in [0, 0.1) is 6.92 Å². The molecule has 0 aliphatic rings. The molecular formula is C26H27F3N4O5. The van der Waals surface area contributed by atoms with Crippen LogP contribution < -0.4 is 10.1 Å². The van der Waals surface area contributed by atoms with Gasteiger partial charge in [0, 0.05) is 48.0 Å². The summed E-state index contributed by atoms with van der Waals surface area (Å²) in [5.41, 5.74) is 4.07. The van der Waals surface area contributed by atoms with Gasteiger partial charge in [0.25, 0.3) is 0 Å². The van der Waals surface area contributed by atoms with Crippen LogP contribution >= 0.6 is 0 Å². The summed E-state index contributed by atoms with van der Waals surface area (Å²) < 4.78 is 37.6. The summed E-state index contributed by atoms with van der Waals surface area (Å²) in [5, 5.41) is 20.8. The lowest BCUT2D eigenvalue weighted by Gasteiger charge is -2.15. The number of nitrogens with zero attached hydrogens (tertiary/aromatic N) is 1. The van der Waals surface area contributed by atoms with Crippen molar-refractivity contribution in [2.45, 2.75) is 31.9 Å². The topological polar surface area (TPSA) is 140 Å². The highest BCUT2D eigenvalue weighted by molar-refractivity contribution is 5.86. The van der Waals surface area contributed by atoms with Crippen LogP contribution in [0.4, 0.5) is 19.1 Å². The number of rotatable bonds is 10. The smallest absolute Gasteiger partial charge is 0.490 e. The lowest BCUT2D eigenvalue weighted by atomic mass is 9.88. The molecule has 2 heterocycles. The van der Waals surface area contributed by atoms with Gasteiger partial charge in [-0.25, -0.2) is 9.78 Å². The third-order valence-electron chi connectivity index (χ3n) is 5.54. The summed E-state index contributed by atoms with van der Waals surface area (Å²) in [6, 6.07) is 14.0. The number of aliphatic carboxylic acids is 2. The molecule has 1 atom stereocenters. The van der Waals surface area contributed by atoms with Crippen LogP contribution in [-0.2, 0) is 9.59 Å². The van der Waals surface area contributed by atoms with Crippen LogP contribution in [0.5, 0.6) is 5.75 Å². The van der Waals surface area contributed by atoms with Crippen LogP contribution in [0.2, 0.25) is 0 Å². The van der Waals surface area contributed by atoms with Crippen LogP contribution in [0.1, 0.15) is 35.4 Å². The molecule has 0 aliphatic heterocycles. The number of hydrogen-bond acceptors (Lipinski definition) is 5. The van der Waals surface area contributed by atoms with Crippen LogP contribution in [0.25, 0.3) is 10.9 Å². The van der Waals surface area contributed by atoms with Gasteiger partial charge in [-0.3, -0.25) is 4.79 Å². The van der Waals surface area contributed by atoms with E-state index in [-0.39, 0.29) is 12.3 Å². The highest BCUT2D eigenvalue weighted by Gasteiger charge is 2.38. The number of aryl methyl sites for hydroxylation is 1. The van der Waals surface area contributed by atoms with Crippen molar-refractivity contribution in [1.29, 1.82) is 0 Å². The number of benzene rings is 2. The molecule has 0 bridgehead atoms. The summed E-state index contributed by atoms with van der Waals surface area (Å²) in [4.78, 5) is 30.8. The zero-order valence-corrected chi connectivity index (χ0v) is 20.4. The van der Waals surface area contributed by atoms with E-state index in [0.29, 0.717) is 6.61 Å². The lowest BCUT2D eigenvalue weighted by Crippen LogP contribution is -2.21. The molecule has 4 aromatic rings. The first-order valence-corrected chi connectivity index (χ1v) is 11.6. The van der Waals surface area contributed by atoms with Gasteiger partial charge in [0.2, 0.25) is 0 Å². The van der Waals surface area contributed by atoms with Gasteiger partial charge in [0.1, 0.15) is 5.75 Å². The molecule has 4 rings (SSSR count). The molecule has 202 valence electrons. The van der Waals surface area contributed by atoms with E-state index < -0.39 is 18.1 Å². The van der Waals surface area contributed by atoms with E-state index >= 15 is 0 Å². The zero-order chi connectivity index (χ0) is 27.7. The second-order valence-electron chi connectivity index (χ2n) is 8.38. The number of carbonyl (C=O) groups is 2. The second kappa shape index (κ2) is 12.7. The van der Waals surface area contributed by atoms with Gasteiger partial charge < -0.3 is 30.2 Å². The predicted octanol–water partition coefficient (Wildman–Crippen LogP) is 5.32. The number of alkyl halides is 3. The maximum atomic E-state index is 11.5. The third-order valence-corrected chi connectivity index (χ3v) is 5.54. The predicted molar refractivity (Wildman–Crippen MR) is 134 cm³/mol. The molecule has 12 heteroatoms. The maximum absolute atomic E-state index is 11.5. The number of halogens is 3. The molecular weight excluding hydrogens is 505 g/mol. The number of hydrogen-bond donors (Lipinski definition) is 5. The maximum Gasteiger partial charge on any atom is 0.490 e. The van der Waals surface area contributed by atoms with E-state index in [9.17, 15) is 23.1 Å². The van der Waals surface area contributed by atoms with Gasteiger partial charge in [0.15, 0.2) is 5.95 Å². The number of carboxylic acids is 2. The molecule has 0 saturated carbocycles. The normalized spacial score (nSPS) is 11.9. The molecule has 2 aromatic carbocycles. The largest absolute Gasteiger partial charge is 0.493 e. The Morgan fingerprint density at radius 1 is 1.11 bits per heavy atom. The van der Waals surface area contributed by atoms with Crippen molar-refractivity contribution in [2.24, 2.45) is 0 Å². The van der Waals surface area contributed by atoms with Gasteiger partial charge in [-0.05, 0) is 36.6 Å².